The third-order valence-corrected chi connectivity index (χ3v) is 4.02. The minimum absolute atomic E-state index is 0. The minimum atomic E-state index is -0.978. The molecule has 124 valence electrons. The second-order valence-corrected chi connectivity index (χ2v) is 6.04. The molecule has 1 fully saturated rings. The van der Waals surface area contributed by atoms with Gasteiger partial charge in [0.05, 0.1) is 4.92 Å². The normalized spacial score (nSPS) is 21.8. The molecule has 2 rings (SSSR count). The van der Waals surface area contributed by atoms with Crippen LogP contribution in [-0.2, 0) is 10.3 Å². The second kappa shape index (κ2) is 7.06. The lowest BCUT2D eigenvalue weighted by atomic mass is 9.91. The van der Waals surface area contributed by atoms with E-state index in [2.05, 4.69) is 10.4 Å². The number of hydrogen-bond donors (Lipinski definition) is 2. The second-order valence-electron chi connectivity index (χ2n) is 6.04. The maximum absolute atomic E-state index is 12.4. The van der Waals surface area contributed by atoms with Crippen molar-refractivity contribution in [1.29, 1.82) is 0 Å². The quantitative estimate of drug-likeness (QED) is 0.637. The highest BCUT2D eigenvalue weighted by Gasteiger charge is 2.33. The number of carbonyl (C=O) groups excluding carboxylic acids is 1. The summed E-state index contributed by atoms with van der Waals surface area (Å²) in [6.45, 7) is 3.38. The summed E-state index contributed by atoms with van der Waals surface area (Å²) in [5, 5.41) is 17.6. The molecule has 0 aromatic carbocycles. The number of nitro groups is 1. The van der Waals surface area contributed by atoms with Gasteiger partial charge in [0.2, 0.25) is 5.91 Å². The lowest BCUT2D eigenvalue weighted by Crippen LogP contribution is -2.50. The highest BCUT2D eigenvalue weighted by molar-refractivity contribution is 5.85. The lowest BCUT2D eigenvalue weighted by molar-refractivity contribution is -0.385. The van der Waals surface area contributed by atoms with E-state index in [4.69, 9.17) is 5.73 Å². The maximum atomic E-state index is 12.4. The Bertz CT molecular complexity index is 538. The molecule has 1 aliphatic rings. The Morgan fingerprint density at radius 1 is 1.45 bits per heavy atom. The highest BCUT2D eigenvalue weighted by Crippen LogP contribution is 2.21. The molecular weight excluding hydrogens is 310 g/mol. The van der Waals surface area contributed by atoms with Crippen LogP contribution in [0.4, 0.5) is 5.69 Å². The number of nitrogens with zero attached hydrogens (tertiary/aromatic N) is 3. The van der Waals surface area contributed by atoms with Crippen LogP contribution in [0.2, 0.25) is 0 Å². The fourth-order valence-electron chi connectivity index (χ4n) is 2.44. The molecule has 0 bridgehead atoms. The smallest absolute Gasteiger partial charge is 0.307 e. The first kappa shape index (κ1) is 18.4. The van der Waals surface area contributed by atoms with Crippen LogP contribution in [0.15, 0.2) is 12.4 Å². The number of nitrogens with two attached hydrogens (primary N) is 1. The summed E-state index contributed by atoms with van der Waals surface area (Å²) in [6.07, 6.45) is 5.95. The van der Waals surface area contributed by atoms with Crippen molar-refractivity contribution in [2.24, 2.45) is 5.73 Å². The number of carbonyl (C=O) groups is 1. The fraction of sp³-hybridized carbons (Fsp3) is 0.692. The number of nitrogens with one attached hydrogen (secondary N) is 1. The first-order valence-electron chi connectivity index (χ1n) is 7.07. The van der Waals surface area contributed by atoms with Crippen molar-refractivity contribution in [2.45, 2.75) is 57.2 Å². The predicted octanol–water partition coefficient (Wildman–Crippen LogP) is 1.33. The van der Waals surface area contributed by atoms with Gasteiger partial charge in [-0.1, -0.05) is 0 Å². The summed E-state index contributed by atoms with van der Waals surface area (Å²) in [5.41, 5.74) is 4.74. The van der Waals surface area contributed by atoms with E-state index in [-0.39, 0.29) is 36.1 Å². The zero-order valence-electron chi connectivity index (χ0n) is 12.7. The third kappa shape index (κ3) is 3.95. The summed E-state index contributed by atoms with van der Waals surface area (Å²) in [5.74, 6) is -0.194. The molecule has 1 amide bonds. The van der Waals surface area contributed by atoms with E-state index >= 15 is 0 Å². The van der Waals surface area contributed by atoms with Crippen LogP contribution in [-0.4, -0.2) is 32.7 Å². The van der Waals surface area contributed by atoms with E-state index < -0.39 is 10.5 Å². The maximum Gasteiger partial charge on any atom is 0.307 e. The number of rotatable bonds is 4. The summed E-state index contributed by atoms with van der Waals surface area (Å²) in [7, 11) is 0. The first-order chi connectivity index (χ1) is 9.80. The van der Waals surface area contributed by atoms with E-state index in [1.54, 1.807) is 13.8 Å². The molecule has 1 heterocycles. The fourth-order valence-corrected chi connectivity index (χ4v) is 2.44. The Morgan fingerprint density at radius 2 is 2.05 bits per heavy atom. The molecule has 22 heavy (non-hydrogen) atoms. The van der Waals surface area contributed by atoms with E-state index in [0.29, 0.717) is 0 Å². The van der Waals surface area contributed by atoms with Crippen LogP contribution in [0.1, 0.15) is 39.5 Å². The molecule has 1 aliphatic carbocycles. The van der Waals surface area contributed by atoms with Crippen molar-refractivity contribution in [3.8, 4) is 0 Å². The molecule has 0 saturated heterocycles. The van der Waals surface area contributed by atoms with Crippen molar-refractivity contribution in [3.05, 3.63) is 22.5 Å². The van der Waals surface area contributed by atoms with Crippen LogP contribution in [0.25, 0.3) is 0 Å². The highest BCUT2D eigenvalue weighted by atomic mass is 35.5. The van der Waals surface area contributed by atoms with E-state index in [1.165, 1.54) is 10.9 Å². The standard InChI is InChI=1S/C13H21N5O3.ClH/c1-13(2,17-8-11(7-15-17)18(20)21)12(19)16-10-5-3-9(14)4-6-10;/h7-10H,3-6,14H2,1-2H3,(H,16,19);1H. The Labute approximate surface area is 135 Å². The Morgan fingerprint density at radius 3 is 2.55 bits per heavy atom. The SMILES string of the molecule is CC(C)(C(=O)NC1CCC(N)CC1)n1cc([N+](=O)[O-])cn1.Cl. The molecule has 9 heteroatoms. The largest absolute Gasteiger partial charge is 0.351 e. The number of aromatic nitrogens is 2. The van der Waals surface area contributed by atoms with Gasteiger partial charge in [0.15, 0.2) is 0 Å². The Hall–Kier alpha value is -1.67. The molecule has 3 N–H and O–H groups in total. The molecule has 1 saturated carbocycles. The molecular formula is C13H22ClN5O3. The van der Waals surface area contributed by atoms with Crippen LogP contribution in [0.5, 0.6) is 0 Å². The van der Waals surface area contributed by atoms with Crippen molar-refractivity contribution in [2.75, 3.05) is 0 Å². The summed E-state index contributed by atoms with van der Waals surface area (Å²) < 4.78 is 1.33. The van der Waals surface area contributed by atoms with E-state index in [9.17, 15) is 14.9 Å². The van der Waals surface area contributed by atoms with Crippen LogP contribution in [0.3, 0.4) is 0 Å². The predicted molar refractivity (Wildman–Crippen MR) is 83.8 cm³/mol. The van der Waals surface area contributed by atoms with Gasteiger partial charge in [0, 0.05) is 12.1 Å². The molecule has 1 aromatic heterocycles. The monoisotopic (exact) mass is 331 g/mol. The zero-order valence-corrected chi connectivity index (χ0v) is 13.5. The number of amides is 1. The van der Waals surface area contributed by atoms with Crippen LogP contribution >= 0.6 is 12.4 Å². The van der Waals surface area contributed by atoms with Crippen molar-refractivity contribution in [1.82, 2.24) is 15.1 Å². The number of hydrogen-bond acceptors (Lipinski definition) is 5. The third-order valence-electron chi connectivity index (χ3n) is 4.02. The Kier molecular flexibility index (Phi) is 5.90. The van der Waals surface area contributed by atoms with E-state index in [0.717, 1.165) is 31.9 Å². The van der Waals surface area contributed by atoms with Gasteiger partial charge >= 0.3 is 5.69 Å². The molecule has 8 nitrogen and oxygen atoms in total. The first-order valence-corrected chi connectivity index (χ1v) is 7.07. The molecule has 0 radical (unpaired) electrons. The van der Waals surface area contributed by atoms with Crippen molar-refractivity contribution in [3.63, 3.8) is 0 Å². The van der Waals surface area contributed by atoms with Gasteiger partial charge in [-0.05, 0) is 39.5 Å². The van der Waals surface area contributed by atoms with Crippen molar-refractivity contribution < 1.29 is 9.72 Å². The van der Waals surface area contributed by atoms with Gasteiger partial charge in [-0.3, -0.25) is 19.6 Å². The van der Waals surface area contributed by atoms with Crippen LogP contribution in [0, 0.1) is 10.1 Å². The molecule has 0 aliphatic heterocycles. The van der Waals surface area contributed by atoms with Crippen LogP contribution < -0.4 is 11.1 Å². The summed E-state index contributed by atoms with van der Waals surface area (Å²) in [4.78, 5) is 22.6. The average Bonchev–Trinajstić information content (AvgIpc) is 2.91. The Balaban J connectivity index is 0.00000242. The summed E-state index contributed by atoms with van der Waals surface area (Å²) in [6, 6.07) is 0.335. The van der Waals surface area contributed by atoms with Crippen molar-refractivity contribution >= 4 is 24.0 Å². The number of halogens is 1. The zero-order chi connectivity index (χ0) is 15.6. The van der Waals surface area contributed by atoms with Gasteiger partial charge in [-0.25, -0.2) is 0 Å². The van der Waals surface area contributed by atoms with Gasteiger partial charge in [0.25, 0.3) is 0 Å². The van der Waals surface area contributed by atoms with Gasteiger partial charge in [0.1, 0.15) is 17.9 Å². The lowest BCUT2D eigenvalue weighted by Gasteiger charge is -2.31. The molecule has 0 spiro atoms. The topological polar surface area (TPSA) is 116 Å². The summed E-state index contributed by atoms with van der Waals surface area (Å²) >= 11 is 0. The molecule has 0 unspecified atom stereocenters. The van der Waals surface area contributed by atoms with Gasteiger partial charge in [-0.15, -0.1) is 12.4 Å². The minimum Gasteiger partial charge on any atom is -0.351 e. The van der Waals surface area contributed by atoms with E-state index in [1.807, 2.05) is 0 Å². The average molecular weight is 332 g/mol. The molecule has 1 aromatic rings. The van der Waals surface area contributed by atoms with Gasteiger partial charge < -0.3 is 11.1 Å². The van der Waals surface area contributed by atoms with Gasteiger partial charge in [-0.2, -0.15) is 5.10 Å². The molecule has 0 atom stereocenters.